The molecule has 3 aromatic rings. The van der Waals surface area contributed by atoms with Crippen LogP contribution < -0.4 is 17.1 Å². The van der Waals surface area contributed by atoms with E-state index in [2.05, 4.69) is 4.57 Å². The molecular formula is C30H33ClN3O6-. The Kier molecular flexibility index (Phi) is 8.16. The third kappa shape index (κ3) is 5.09. The maximum Gasteiger partial charge on any atom is 0.326 e. The van der Waals surface area contributed by atoms with E-state index in [0.29, 0.717) is 37.7 Å². The van der Waals surface area contributed by atoms with Gasteiger partial charge in [0.2, 0.25) is 5.91 Å². The summed E-state index contributed by atoms with van der Waals surface area (Å²) < 4.78 is 13.8. The molecule has 9 nitrogen and oxygen atoms in total. The average molecular weight is 567 g/mol. The summed E-state index contributed by atoms with van der Waals surface area (Å²) >= 11 is 0. The van der Waals surface area contributed by atoms with Crippen LogP contribution >= 0.6 is 0 Å². The van der Waals surface area contributed by atoms with E-state index in [1.165, 1.54) is 4.90 Å². The first-order valence-electron chi connectivity index (χ1n) is 13.6. The van der Waals surface area contributed by atoms with Crippen molar-refractivity contribution in [1.29, 1.82) is 0 Å². The monoisotopic (exact) mass is 566 g/mol. The summed E-state index contributed by atoms with van der Waals surface area (Å²) in [6.07, 6.45) is 3.12. The highest BCUT2D eigenvalue weighted by atomic mass is 35.5. The van der Waals surface area contributed by atoms with Gasteiger partial charge in [-0.3, -0.25) is 14.5 Å². The van der Waals surface area contributed by atoms with Crippen molar-refractivity contribution < 1.29 is 41.4 Å². The zero-order valence-corrected chi connectivity index (χ0v) is 23.2. The molecule has 2 bridgehead atoms. The van der Waals surface area contributed by atoms with Crippen LogP contribution in [-0.2, 0) is 22.6 Å². The summed E-state index contributed by atoms with van der Waals surface area (Å²) in [7, 11) is 1.55. The van der Waals surface area contributed by atoms with E-state index in [4.69, 9.17) is 14.6 Å². The number of Topliss-reactive ketones (excluding diaryl/α,β-unsaturated/α-hetero) is 1. The second kappa shape index (κ2) is 11.6. The zero-order chi connectivity index (χ0) is 27.1. The van der Waals surface area contributed by atoms with Crippen LogP contribution in [0.25, 0.3) is 10.9 Å². The van der Waals surface area contributed by atoms with Gasteiger partial charge >= 0.3 is 6.03 Å². The smallest absolute Gasteiger partial charge is 0.326 e. The van der Waals surface area contributed by atoms with Crippen LogP contribution in [-0.4, -0.2) is 77.2 Å². The molecule has 1 aromatic heterocycles. The number of aliphatic hydroxyl groups excluding tert-OH is 1. The van der Waals surface area contributed by atoms with E-state index in [0.717, 1.165) is 65.9 Å². The first kappa shape index (κ1) is 28.1. The number of halogens is 1. The van der Waals surface area contributed by atoms with Gasteiger partial charge in [0.05, 0.1) is 19.1 Å². The Labute approximate surface area is 239 Å². The number of hydrogen-bond donors (Lipinski definition) is 1. The summed E-state index contributed by atoms with van der Waals surface area (Å²) in [6, 6.07) is 13.0. The standard InChI is InChI=1S/C30H33N3O6.ClH/c1-31-29(36)24-16-32(30(31)37)17-26-28(24)23-14-22(39-13-10-19-8-11-38-12-9-19)6-7-25(23)33(26)15-20-2-4-21(5-3-20)27(35)18-34;/h2-7,14,19,24,34H,8-13,15-18H2,1H3;1H/p-1/t24-;/m1./s1. The number of fused-ring (bicyclic) bond motifs is 6. The quantitative estimate of drug-likeness (QED) is 0.400. The highest BCUT2D eigenvalue weighted by molar-refractivity contribution is 6.04. The Balaban J connectivity index is 0.00000323. The van der Waals surface area contributed by atoms with Gasteiger partial charge in [0.15, 0.2) is 5.78 Å². The molecule has 3 amide bonds. The van der Waals surface area contributed by atoms with Crippen molar-refractivity contribution in [3.8, 4) is 5.75 Å². The third-order valence-corrected chi connectivity index (χ3v) is 8.36. The number of amides is 3. The molecule has 40 heavy (non-hydrogen) atoms. The number of nitrogens with zero attached hydrogens (tertiary/aromatic N) is 3. The second-order valence-corrected chi connectivity index (χ2v) is 10.7. The predicted molar refractivity (Wildman–Crippen MR) is 144 cm³/mol. The molecule has 6 rings (SSSR count). The number of aliphatic hydroxyl groups is 1. The molecule has 10 heteroatoms. The Hall–Kier alpha value is -3.40. The molecule has 2 saturated heterocycles. The van der Waals surface area contributed by atoms with Crippen LogP contribution in [0.4, 0.5) is 4.79 Å². The third-order valence-electron chi connectivity index (χ3n) is 8.36. The van der Waals surface area contributed by atoms with Gasteiger partial charge in [0, 0.05) is 55.5 Å². The topological polar surface area (TPSA) is 101 Å². The SMILES string of the molecule is CN1C(=O)[C@@H]2CN(Cc3c2c2cc(OCCC4CCOCC4)ccc2n3Cc2ccc(C(=O)CO)cc2)C1=O.[Cl-]. The van der Waals surface area contributed by atoms with Crippen LogP contribution in [0.2, 0.25) is 0 Å². The number of ketones is 1. The Morgan fingerprint density at radius 3 is 2.58 bits per heavy atom. The molecule has 1 N–H and O–H groups in total. The lowest BCUT2D eigenvalue weighted by atomic mass is 9.89. The number of urea groups is 1. The van der Waals surface area contributed by atoms with Crippen molar-refractivity contribution in [3.05, 3.63) is 64.8 Å². The Morgan fingerprint density at radius 2 is 1.85 bits per heavy atom. The maximum absolute atomic E-state index is 13.3. The summed E-state index contributed by atoms with van der Waals surface area (Å²) in [4.78, 5) is 40.9. The number of likely N-dealkylation sites (N-methyl/N-ethyl adjacent to an activating group) is 1. The molecule has 0 unspecified atom stereocenters. The minimum absolute atomic E-state index is 0. The molecule has 2 aromatic carbocycles. The summed E-state index contributed by atoms with van der Waals surface area (Å²) in [5.41, 5.74) is 4.33. The fourth-order valence-corrected chi connectivity index (χ4v) is 6.14. The highest BCUT2D eigenvalue weighted by Gasteiger charge is 2.44. The van der Waals surface area contributed by atoms with Gasteiger partial charge < -0.3 is 36.5 Å². The van der Waals surface area contributed by atoms with E-state index >= 15 is 0 Å². The van der Waals surface area contributed by atoms with Gasteiger partial charge in [-0.05, 0) is 54.5 Å². The van der Waals surface area contributed by atoms with Crippen LogP contribution in [0.3, 0.4) is 0 Å². The number of carbonyl (C=O) groups is 3. The van der Waals surface area contributed by atoms with E-state index in [-0.39, 0.29) is 30.1 Å². The number of aromatic nitrogens is 1. The molecule has 2 fully saturated rings. The summed E-state index contributed by atoms with van der Waals surface area (Å²) in [5.74, 6) is 0.457. The summed E-state index contributed by atoms with van der Waals surface area (Å²) in [5, 5.41) is 10.1. The molecule has 0 spiro atoms. The van der Waals surface area contributed by atoms with Gasteiger partial charge in [-0.1, -0.05) is 24.3 Å². The van der Waals surface area contributed by atoms with Crippen LogP contribution in [0, 0.1) is 5.92 Å². The van der Waals surface area contributed by atoms with E-state index < -0.39 is 12.5 Å². The van der Waals surface area contributed by atoms with Crippen LogP contribution in [0.5, 0.6) is 5.75 Å². The van der Waals surface area contributed by atoms with Crippen molar-refractivity contribution in [3.63, 3.8) is 0 Å². The maximum atomic E-state index is 13.3. The molecule has 0 saturated carbocycles. The van der Waals surface area contributed by atoms with Gasteiger partial charge in [-0.2, -0.15) is 0 Å². The molecule has 0 radical (unpaired) electrons. The number of ether oxygens (including phenoxy) is 2. The lowest BCUT2D eigenvalue weighted by Gasteiger charge is -2.41. The molecule has 212 valence electrons. The van der Waals surface area contributed by atoms with Gasteiger partial charge in [-0.15, -0.1) is 0 Å². The van der Waals surface area contributed by atoms with Gasteiger partial charge in [0.25, 0.3) is 0 Å². The minimum atomic E-state index is -0.526. The number of carbonyl (C=O) groups excluding carboxylic acids is 3. The fourth-order valence-electron chi connectivity index (χ4n) is 6.14. The van der Waals surface area contributed by atoms with Crippen molar-refractivity contribution >= 4 is 28.6 Å². The lowest BCUT2D eigenvalue weighted by Crippen LogP contribution is -3.00. The number of imide groups is 1. The number of hydrogen-bond acceptors (Lipinski definition) is 6. The van der Waals surface area contributed by atoms with E-state index in [1.807, 2.05) is 30.3 Å². The lowest BCUT2D eigenvalue weighted by molar-refractivity contribution is -0.132. The van der Waals surface area contributed by atoms with Crippen molar-refractivity contribution in [2.45, 2.75) is 38.3 Å². The normalized spacial score (nSPS) is 19.0. The largest absolute Gasteiger partial charge is 1.00 e. The first-order chi connectivity index (χ1) is 18.9. The molecule has 4 heterocycles. The summed E-state index contributed by atoms with van der Waals surface area (Å²) in [6.45, 7) is 3.05. The van der Waals surface area contributed by atoms with E-state index in [1.54, 1.807) is 24.1 Å². The Bertz CT molecular complexity index is 1430. The van der Waals surface area contributed by atoms with E-state index in [9.17, 15) is 14.4 Å². The molecule has 3 aliphatic heterocycles. The average Bonchev–Trinajstić information content (AvgIpc) is 3.27. The number of rotatable bonds is 8. The van der Waals surface area contributed by atoms with Crippen LogP contribution in [0.1, 0.15) is 52.4 Å². The fraction of sp³-hybridized carbons (Fsp3) is 0.433. The molecule has 3 aliphatic rings. The highest BCUT2D eigenvalue weighted by Crippen LogP contribution is 2.42. The Morgan fingerprint density at radius 1 is 1.10 bits per heavy atom. The van der Waals surface area contributed by atoms with Crippen molar-refractivity contribution in [2.24, 2.45) is 5.92 Å². The first-order valence-corrected chi connectivity index (χ1v) is 13.6. The number of benzene rings is 2. The van der Waals surface area contributed by atoms with Gasteiger partial charge in [-0.25, -0.2) is 4.79 Å². The van der Waals surface area contributed by atoms with Gasteiger partial charge in [0.1, 0.15) is 12.4 Å². The van der Waals surface area contributed by atoms with Crippen LogP contribution in [0.15, 0.2) is 42.5 Å². The van der Waals surface area contributed by atoms with Crippen molar-refractivity contribution in [1.82, 2.24) is 14.4 Å². The molecular weight excluding hydrogens is 534 g/mol. The minimum Gasteiger partial charge on any atom is -1.00 e. The molecule has 1 atom stereocenters. The second-order valence-electron chi connectivity index (χ2n) is 10.7. The predicted octanol–water partition coefficient (Wildman–Crippen LogP) is 0.555. The van der Waals surface area contributed by atoms with Crippen molar-refractivity contribution in [2.75, 3.05) is 40.0 Å². The molecule has 0 aliphatic carbocycles. The zero-order valence-electron chi connectivity index (χ0n) is 22.5.